The van der Waals surface area contributed by atoms with Crippen LogP contribution in [0.5, 0.6) is 0 Å². The predicted octanol–water partition coefficient (Wildman–Crippen LogP) is 3.55. The lowest BCUT2D eigenvalue weighted by Crippen LogP contribution is -2.30. The summed E-state index contributed by atoms with van der Waals surface area (Å²) in [6.07, 6.45) is 2.19. The molecule has 3 rings (SSSR count). The van der Waals surface area contributed by atoms with Gasteiger partial charge in [-0.25, -0.2) is 9.78 Å². The predicted molar refractivity (Wildman–Crippen MR) is 94.0 cm³/mol. The summed E-state index contributed by atoms with van der Waals surface area (Å²) in [4.78, 5) is 12.9. The molecule has 3 atom stereocenters. The summed E-state index contributed by atoms with van der Waals surface area (Å²) in [7, 11) is 0. The van der Waals surface area contributed by atoms with Crippen molar-refractivity contribution in [3.05, 3.63) is 48.2 Å². The van der Waals surface area contributed by atoms with Gasteiger partial charge in [-0.05, 0) is 43.6 Å². The number of aliphatic hydroxyl groups is 1. The monoisotopic (exact) mass is 331 g/mol. The van der Waals surface area contributed by atoms with Crippen molar-refractivity contribution in [2.45, 2.75) is 32.7 Å². The van der Waals surface area contributed by atoms with Gasteiger partial charge >= 0.3 is 0 Å². The zero-order valence-electron chi connectivity index (χ0n) is 14.8. The molecule has 4 heteroatoms. The highest BCUT2D eigenvalue weighted by Crippen LogP contribution is 2.58. The van der Waals surface area contributed by atoms with Gasteiger partial charge < -0.3 is 10.0 Å². The summed E-state index contributed by atoms with van der Waals surface area (Å²) in [6, 6.07) is 10.8. The minimum absolute atomic E-state index is 0.0499. The van der Waals surface area contributed by atoms with Gasteiger partial charge in [0.1, 0.15) is 0 Å². The molecule has 24 heavy (non-hydrogen) atoms. The fourth-order valence-corrected chi connectivity index (χ4v) is 4.06. The van der Waals surface area contributed by atoms with Gasteiger partial charge in [0.25, 0.3) is 0 Å². The van der Waals surface area contributed by atoms with Crippen molar-refractivity contribution >= 4 is 0 Å². The molecular formula is C20H29NO3. The van der Waals surface area contributed by atoms with E-state index in [2.05, 4.69) is 42.7 Å². The lowest BCUT2D eigenvalue weighted by Gasteiger charge is -2.29. The van der Waals surface area contributed by atoms with Crippen molar-refractivity contribution in [3.63, 3.8) is 0 Å². The largest absolute Gasteiger partial charge is 0.396 e. The molecule has 1 aliphatic carbocycles. The van der Waals surface area contributed by atoms with Gasteiger partial charge in [-0.15, -0.1) is 0 Å². The number of benzene rings is 1. The van der Waals surface area contributed by atoms with Crippen LogP contribution in [0, 0.1) is 17.3 Å². The van der Waals surface area contributed by atoms with Crippen LogP contribution < -0.4 is 0 Å². The summed E-state index contributed by atoms with van der Waals surface area (Å²) >= 11 is 0. The molecule has 1 saturated carbocycles. The second-order valence-electron chi connectivity index (χ2n) is 7.15. The minimum Gasteiger partial charge on any atom is -0.396 e. The van der Waals surface area contributed by atoms with E-state index >= 15 is 0 Å². The Labute approximate surface area is 145 Å². The molecule has 0 bridgehead atoms. The number of aliphatic hydroxyl groups excluding tert-OH is 1. The highest BCUT2D eigenvalue weighted by Gasteiger charge is 2.56. The summed E-state index contributed by atoms with van der Waals surface area (Å²) in [5.74, 6) is 0.582. The van der Waals surface area contributed by atoms with E-state index in [9.17, 15) is 5.11 Å². The molecule has 1 heterocycles. The highest BCUT2D eigenvalue weighted by molar-refractivity contribution is 5.24. The van der Waals surface area contributed by atoms with Crippen molar-refractivity contribution in [3.8, 4) is 0 Å². The van der Waals surface area contributed by atoms with Crippen LogP contribution in [0.25, 0.3) is 0 Å². The van der Waals surface area contributed by atoms with Crippen LogP contribution in [0.4, 0.5) is 0 Å². The summed E-state index contributed by atoms with van der Waals surface area (Å²) in [5.41, 5.74) is 2.45. The van der Waals surface area contributed by atoms with Crippen LogP contribution >= 0.6 is 0 Å². The summed E-state index contributed by atoms with van der Waals surface area (Å²) in [5, 5.41) is 9.91. The Morgan fingerprint density at radius 1 is 1.29 bits per heavy atom. The molecule has 1 saturated heterocycles. The third kappa shape index (κ3) is 3.23. The van der Waals surface area contributed by atoms with Crippen LogP contribution in [0.2, 0.25) is 0 Å². The fourth-order valence-electron chi connectivity index (χ4n) is 4.06. The average molecular weight is 331 g/mol. The lowest BCUT2D eigenvalue weighted by molar-refractivity contribution is -0.298. The maximum atomic E-state index is 9.91. The molecule has 0 spiro atoms. The fraction of sp³-hybridized carbons (Fsp3) is 0.600. The maximum absolute atomic E-state index is 9.91. The Balaban J connectivity index is 1.78. The number of rotatable bonds is 8. The summed E-state index contributed by atoms with van der Waals surface area (Å²) in [6.45, 7) is 10.8. The van der Waals surface area contributed by atoms with E-state index in [1.165, 1.54) is 5.56 Å². The van der Waals surface area contributed by atoms with Gasteiger partial charge in [-0.1, -0.05) is 36.9 Å². The zero-order valence-corrected chi connectivity index (χ0v) is 14.8. The second-order valence-corrected chi connectivity index (χ2v) is 7.15. The Hall–Kier alpha value is -1.36. The molecule has 132 valence electrons. The Bertz CT molecular complexity index is 555. The van der Waals surface area contributed by atoms with Crippen LogP contribution in [0.3, 0.4) is 0 Å². The third-order valence-electron chi connectivity index (χ3n) is 5.87. The number of hydrogen-bond acceptors (Lipinski definition) is 4. The number of hydrogen-bond donors (Lipinski definition) is 1. The van der Waals surface area contributed by atoms with E-state index in [1.807, 2.05) is 13.0 Å². The molecule has 0 radical (unpaired) electrons. The Morgan fingerprint density at radius 3 is 2.58 bits per heavy atom. The SMILES string of the molecule is C=C1C(COOCC)[C@H](C2(CO)CC2)CN1[C@@H](C)c1ccccc1. The van der Waals surface area contributed by atoms with E-state index in [0.29, 0.717) is 19.1 Å². The Kier molecular flexibility index (Phi) is 5.28. The Morgan fingerprint density at radius 2 is 2.00 bits per heavy atom. The van der Waals surface area contributed by atoms with E-state index in [0.717, 1.165) is 25.1 Å². The first-order valence-electron chi connectivity index (χ1n) is 8.98. The standard InChI is InChI=1S/C20H29NO3/c1-4-23-24-13-18-16(3)21(12-19(18)20(14-22)10-11-20)15(2)17-8-6-5-7-9-17/h5-9,15,18-19,22H,3-4,10-14H2,1-2H3/t15-,18?,19+/m0/s1. The molecule has 1 aromatic rings. The first kappa shape index (κ1) is 17.5. The highest BCUT2D eigenvalue weighted by atomic mass is 17.2. The van der Waals surface area contributed by atoms with Crippen molar-refractivity contribution in [1.82, 2.24) is 4.90 Å². The molecular weight excluding hydrogens is 302 g/mol. The van der Waals surface area contributed by atoms with E-state index in [1.54, 1.807) is 0 Å². The van der Waals surface area contributed by atoms with Crippen LogP contribution in [-0.4, -0.2) is 36.4 Å². The molecule has 1 aliphatic heterocycles. The van der Waals surface area contributed by atoms with Crippen molar-refractivity contribution in [2.24, 2.45) is 17.3 Å². The first-order valence-corrected chi connectivity index (χ1v) is 8.98. The van der Waals surface area contributed by atoms with Crippen molar-refractivity contribution in [2.75, 3.05) is 26.4 Å². The topological polar surface area (TPSA) is 41.9 Å². The summed E-state index contributed by atoms with van der Waals surface area (Å²) < 4.78 is 0. The van der Waals surface area contributed by atoms with Gasteiger partial charge in [0.15, 0.2) is 0 Å². The normalized spacial score (nSPS) is 26.6. The van der Waals surface area contributed by atoms with Gasteiger partial charge in [-0.2, -0.15) is 0 Å². The minimum atomic E-state index is 0.0499. The molecule has 0 aromatic heterocycles. The molecule has 0 amide bonds. The number of likely N-dealkylation sites (tertiary alicyclic amines) is 1. The first-order chi connectivity index (χ1) is 11.6. The average Bonchev–Trinajstić information content (AvgIpc) is 3.35. The van der Waals surface area contributed by atoms with Crippen molar-refractivity contribution in [1.29, 1.82) is 0 Å². The quantitative estimate of drug-likeness (QED) is 0.449. The van der Waals surface area contributed by atoms with E-state index in [4.69, 9.17) is 9.78 Å². The van der Waals surface area contributed by atoms with Gasteiger partial charge in [0, 0.05) is 24.8 Å². The zero-order chi connectivity index (χ0) is 17.2. The van der Waals surface area contributed by atoms with E-state index < -0.39 is 0 Å². The molecule has 2 aliphatic rings. The maximum Gasteiger partial charge on any atom is 0.0908 e. The van der Waals surface area contributed by atoms with E-state index in [-0.39, 0.29) is 24.0 Å². The molecule has 1 unspecified atom stereocenters. The molecule has 1 aromatic carbocycles. The van der Waals surface area contributed by atoms with Crippen molar-refractivity contribution < 1.29 is 14.9 Å². The van der Waals surface area contributed by atoms with Gasteiger partial charge in [-0.3, -0.25) is 0 Å². The lowest BCUT2D eigenvalue weighted by atomic mass is 9.81. The number of nitrogens with zero attached hydrogens (tertiary/aromatic N) is 1. The molecule has 2 fully saturated rings. The van der Waals surface area contributed by atoms with Crippen LogP contribution in [0.15, 0.2) is 42.6 Å². The van der Waals surface area contributed by atoms with Gasteiger partial charge in [0.2, 0.25) is 0 Å². The smallest absolute Gasteiger partial charge is 0.0908 e. The van der Waals surface area contributed by atoms with Crippen LogP contribution in [0.1, 0.15) is 38.3 Å². The van der Waals surface area contributed by atoms with Crippen LogP contribution in [-0.2, 0) is 9.78 Å². The molecule has 1 N–H and O–H groups in total. The van der Waals surface area contributed by atoms with Gasteiger partial charge in [0.05, 0.1) is 19.3 Å². The third-order valence-corrected chi connectivity index (χ3v) is 5.87. The second kappa shape index (κ2) is 7.26. The molecule has 4 nitrogen and oxygen atoms in total.